The molecule has 0 aliphatic heterocycles. The van der Waals surface area contributed by atoms with Crippen LogP contribution in [0.2, 0.25) is 0 Å². The zero-order valence-electron chi connectivity index (χ0n) is 11.4. The van der Waals surface area contributed by atoms with Crippen LogP contribution in [0.1, 0.15) is 23.7 Å². The minimum atomic E-state index is 0.0717. The lowest BCUT2D eigenvalue weighted by molar-refractivity contribution is 0.0765. The molecule has 0 heterocycles. The van der Waals surface area contributed by atoms with Crippen LogP contribution in [0.3, 0.4) is 0 Å². The fraction of sp³-hybridized carbons (Fsp3) is 0.312. The van der Waals surface area contributed by atoms with E-state index in [0.717, 1.165) is 27.2 Å². The first-order chi connectivity index (χ1) is 9.65. The molecule has 1 amide bonds. The van der Waals surface area contributed by atoms with E-state index >= 15 is 0 Å². The first-order valence-electron chi connectivity index (χ1n) is 6.70. The van der Waals surface area contributed by atoms with Crippen LogP contribution in [0, 0.1) is 0 Å². The molecule has 0 bridgehead atoms. The second kappa shape index (κ2) is 7.09. The fourth-order valence-electron chi connectivity index (χ4n) is 2.19. The van der Waals surface area contributed by atoms with E-state index in [1.807, 2.05) is 42.2 Å². The van der Waals surface area contributed by atoms with Crippen molar-refractivity contribution in [2.75, 3.05) is 19.0 Å². The van der Waals surface area contributed by atoms with Crippen molar-refractivity contribution in [1.82, 2.24) is 4.90 Å². The summed E-state index contributed by atoms with van der Waals surface area (Å²) in [5, 5.41) is 2.20. The van der Waals surface area contributed by atoms with Crippen LogP contribution in [0.5, 0.6) is 0 Å². The molecule has 0 aliphatic carbocycles. The van der Waals surface area contributed by atoms with E-state index in [1.54, 1.807) is 0 Å². The van der Waals surface area contributed by atoms with E-state index in [2.05, 4.69) is 22.0 Å². The summed E-state index contributed by atoms with van der Waals surface area (Å²) in [7, 11) is 0. The first-order valence-corrected chi connectivity index (χ1v) is 8.03. The van der Waals surface area contributed by atoms with Gasteiger partial charge in [-0.3, -0.25) is 4.79 Å². The quantitative estimate of drug-likeness (QED) is 0.713. The minimum absolute atomic E-state index is 0.0717. The summed E-state index contributed by atoms with van der Waals surface area (Å²) in [5.74, 6) is 0.651. The molecule has 2 aromatic rings. The summed E-state index contributed by atoms with van der Waals surface area (Å²) in [5.41, 5.74) is 0.733. The Morgan fingerprint density at radius 1 is 1.20 bits per heavy atom. The van der Waals surface area contributed by atoms with Crippen LogP contribution < -0.4 is 0 Å². The van der Waals surface area contributed by atoms with Crippen molar-refractivity contribution in [3.63, 3.8) is 0 Å². The van der Waals surface area contributed by atoms with Gasteiger partial charge < -0.3 is 4.90 Å². The largest absolute Gasteiger partial charge is 0.339 e. The van der Waals surface area contributed by atoms with Gasteiger partial charge in [0.25, 0.3) is 5.91 Å². The standard InChI is InChI=1S/C16H17BrClNO/c1-2-19(9-3-8-18)16(20)14-5-4-13-11-15(17)7-6-12(13)10-14/h4-7,10-11H,2-3,8-9H2,1H3. The molecule has 0 saturated carbocycles. The SMILES string of the molecule is CCN(CCCCl)C(=O)c1ccc2cc(Br)ccc2c1. The maximum atomic E-state index is 12.5. The molecular formula is C16H17BrClNO. The van der Waals surface area contributed by atoms with E-state index in [4.69, 9.17) is 11.6 Å². The molecule has 4 heteroatoms. The van der Waals surface area contributed by atoms with E-state index < -0.39 is 0 Å². The topological polar surface area (TPSA) is 20.3 Å². The van der Waals surface area contributed by atoms with Gasteiger partial charge in [0.15, 0.2) is 0 Å². The first kappa shape index (κ1) is 15.3. The lowest BCUT2D eigenvalue weighted by Crippen LogP contribution is -2.31. The predicted octanol–water partition coefficient (Wildman–Crippen LogP) is 4.69. The average Bonchev–Trinajstić information content (AvgIpc) is 2.47. The van der Waals surface area contributed by atoms with Crippen molar-refractivity contribution < 1.29 is 4.79 Å². The van der Waals surface area contributed by atoms with Crippen molar-refractivity contribution >= 4 is 44.2 Å². The fourth-order valence-corrected chi connectivity index (χ4v) is 2.68. The van der Waals surface area contributed by atoms with E-state index in [1.165, 1.54) is 0 Å². The zero-order chi connectivity index (χ0) is 14.5. The Hall–Kier alpha value is -1.06. The number of nitrogens with zero attached hydrogens (tertiary/aromatic N) is 1. The lowest BCUT2D eigenvalue weighted by atomic mass is 10.1. The highest BCUT2D eigenvalue weighted by atomic mass is 79.9. The van der Waals surface area contributed by atoms with Crippen LogP contribution >= 0.6 is 27.5 Å². The predicted molar refractivity (Wildman–Crippen MR) is 88.6 cm³/mol. The Balaban J connectivity index is 2.27. The molecule has 2 nitrogen and oxygen atoms in total. The molecule has 0 aromatic heterocycles. The zero-order valence-corrected chi connectivity index (χ0v) is 13.7. The van der Waals surface area contributed by atoms with Crippen LogP contribution in [-0.2, 0) is 0 Å². The Morgan fingerprint density at radius 3 is 2.60 bits per heavy atom. The Kier molecular flexibility index (Phi) is 5.44. The summed E-state index contributed by atoms with van der Waals surface area (Å²) in [6.45, 7) is 3.40. The smallest absolute Gasteiger partial charge is 0.253 e. The van der Waals surface area contributed by atoms with Crippen LogP contribution in [0.15, 0.2) is 40.9 Å². The van der Waals surface area contributed by atoms with Crippen molar-refractivity contribution in [2.24, 2.45) is 0 Å². The molecule has 0 aliphatic rings. The second-order valence-electron chi connectivity index (χ2n) is 4.63. The molecule has 2 aromatic carbocycles. The molecule has 0 atom stereocenters. The molecule has 2 rings (SSSR count). The highest BCUT2D eigenvalue weighted by Gasteiger charge is 2.13. The summed E-state index contributed by atoms with van der Waals surface area (Å²) in [4.78, 5) is 14.3. The second-order valence-corrected chi connectivity index (χ2v) is 5.93. The number of carbonyl (C=O) groups excluding carboxylic acids is 1. The average molecular weight is 355 g/mol. The van der Waals surface area contributed by atoms with Crippen molar-refractivity contribution in [2.45, 2.75) is 13.3 Å². The molecule has 0 radical (unpaired) electrons. The number of alkyl halides is 1. The number of carbonyl (C=O) groups is 1. The van der Waals surface area contributed by atoms with Crippen LogP contribution in [0.4, 0.5) is 0 Å². The molecular weight excluding hydrogens is 338 g/mol. The van der Waals surface area contributed by atoms with Crippen molar-refractivity contribution in [3.05, 3.63) is 46.4 Å². The highest BCUT2D eigenvalue weighted by Crippen LogP contribution is 2.21. The summed E-state index contributed by atoms with van der Waals surface area (Å²) in [6.07, 6.45) is 0.821. The van der Waals surface area contributed by atoms with Crippen LogP contribution in [-0.4, -0.2) is 29.8 Å². The van der Waals surface area contributed by atoms with Gasteiger partial charge >= 0.3 is 0 Å². The van der Waals surface area contributed by atoms with Crippen molar-refractivity contribution in [3.8, 4) is 0 Å². The van der Waals surface area contributed by atoms with Crippen molar-refractivity contribution in [1.29, 1.82) is 0 Å². The molecule has 0 saturated heterocycles. The summed E-state index contributed by atoms with van der Waals surface area (Å²) in [6, 6.07) is 11.9. The maximum absolute atomic E-state index is 12.5. The third-order valence-electron chi connectivity index (χ3n) is 3.28. The number of benzene rings is 2. The van der Waals surface area contributed by atoms with Gasteiger partial charge in [0.1, 0.15) is 0 Å². The number of hydrogen-bond donors (Lipinski definition) is 0. The highest BCUT2D eigenvalue weighted by molar-refractivity contribution is 9.10. The van der Waals surface area contributed by atoms with Gasteiger partial charge in [0.2, 0.25) is 0 Å². The van der Waals surface area contributed by atoms with Gasteiger partial charge in [-0.2, -0.15) is 0 Å². The molecule has 20 heavy (non-hydrogen) atoms. The number of rotatable bonds is 5. The van der Waals surface area contributed by atoms with Gasteiger partial charge in [-0.1, -0.05) is 28.1 Å². The number of halogens is 2. The molecule has 0 unspecified atom stereocenters. The Bertz CT molecular complexity index is 614. The van der Waals surface area contributed by atoms with Crippen LogP contribution in [0.25, 0.3) is 10.8 Å². The molecule has 106 valence electrons. The number of hydrogen-bond acceptors (Lipinski definition) is 1. The summed E-state index contributed by atoms with van der Waals surface area (Å²) < 4.78 is 1.04. The lowest BCUT2D eigenvalue weighted by Gasteiger charge is -2.20. The molecule has 0 fully saturated rings. The molecule has 0 N–H and O–H groups in total. The summed E-state index contributed by atoms with van der Waals surface area (Å²) >= 11 is 9.16. The number of amides is 1. The maximum Gasteiger partial charge on any atom is 0.253 e. The van der Waals surface area contributed by atoms with Gasteiger partial charge in [-0.05, 0) is 48.4 Å². The third kappa shape index (κ3) is 3.53. The Morgan fingerprint density at radius 2 is 1.90 bits per heavy atom. The van der Waals surface area contributed by atoms with E-state index in [0.29, 0.717) is 19.0 Å². The van der Waals surface area contributed by atoms with Gasteiger partial charge in [-0.25, -0.2) is 0 Å². The third-order valence-corrected chi connectivity index (χ3v) is 4.04. The number of fused-ring (bicyclic) bond motifs is 1. The Labute approximate surface area is 132 Å². The normalized spacial score (nSPS) is 10.8. The van der Waals surface area contributed by atoms with E-state index in [9.17, 15) is 4.79 Å². The van der Waals surface area contributed by atoms with Gasteiger partial charge in [-0.15, -0.1) is 11.6 Å². The monoisotopic (exact) mass is 353 g/mol. The van der Waals surface area contributed by atoms with E-state index in [-0.39, 0.29) is 5.91 Å². The molecule has 0 spiro atoms. The van der Waals surface area contributed by atoms with Gasteiger partial charge in [0.05, 0.1) is 0 Å². The van der Waals surface area contributed by atoms with Gasteiger partial charge in [0, 0.05) is 29.0 Å². The minimum Gasteiger partial charge on any atom is -0.339 e.